The summed E-state index contributed by atoms with van der Waals surface area (Å²) < 4.78 is 22.4. The third kappa shape index (κ3) is 1.64. The maximum Gasteiger partial charge on any atom is 0.237 e. The molecule has 0 radical (unpaired) electrons. The van der Waals surface area contributed by atoms with Crippen molar-refractivity contribution in [3.05, 3.63) is 36.3 Å². The zero-order chi connectivity index (χ0) is 15.6. The number of likely N-dealkylation sites (tertiary alicyclic amines) is 1. The number of amides is 2. The summed E-state index contributed by atoms with van der Waals surface area (Å²) in [4.78, 5) is 26.9. The molecule has 2 bridgehead atoms. The average Bonchev–Trinajstić information content (AvgIpc) is 3.34. The van der Waals surface area contributed by atoms with Gasteiger partial charge in [0.15, 0.2) is 11.9 Å². The maximum atomic E-state index is 12.9. The van der Waals surface area contributed by atoms with Gasteiger partial charge in [-0.3, -0.25) is 14.5 Å². The summed E-state index contributed by atoms with van der Waals surface area (Å²) in [7, 11) is 0. The molecule has 4 atom stereocenters. The predicted octanol–water partition coefficient (Wildman–Crippen LogP) is 0.461. The summed E-state index contributed by atoms with van der Waals surface area (Å²) in [6, 6.07) is 3.48. The van der Waals surface area contributed by atoms with E-state index in [4.69, 9.17) is 18.6 Å². The predicted molar refractivity (Wildman–Crippen MR) is 73.7 cm³/mol. The van der Waals surface area contributed by atoms with E-state index in [9.17, 15) is 9.59 Å². The van der Waals surface area contributed by atoms with Crippen molar-refractivity contribution in [3.8, 4) is 0 Å². The molecule has 7 heteroatoms. The second kappa shape index (κ2) is 4.53. The molecule has 0 spiro atoms. The minimum atomic E-state index is -0.990. The molecule has 1 aromatic heterocycles. The maximum absolute atomic E-state index is 12.9. The zero-order valence-electron chi connectivity index (χ0n) is 12.2. The number of carbonyl (C=O) groups excluding carboxylic acids is 2. The largest absolute Gasteiger partial charge is 0.467 e. The van der Waals surface area contributed by atoms with Crippen LogP contribution in [0.3, 0.4) is 0 Å². The van der Waals surface area contributed by atoms with Gasteiger partial charge in [0, 0.05) is 0 Å². The van der Waals surface area contributed by atoms with E-state index in [1.165, 1.54) is 11.2 Å². The summed E-state index contributed by atoms with van der Waals surface area (Å²) in [5.74, 6) is -0.985. The second-order valence-electron chi connectivity index (χ2n) is 6.21. The molecule has 120 valence electrons. The van der Waals surface area contributed by atoms with Crippen LogP contribution in [0, 0.1) is 11.8 Å². The Hall–Kier alpha value is -1.96. The molecule has 4 aliphatic rings. The van der Waals surface area contributed by atoms with E-state index >= 15 is 0 Å². The second-order valence-corrected chi connectivity index (χ2v) is 6.21. The number of fused-ring (bicyclic) bond motifs is 5. The van der Waals surface area contributed by atoms with E-state index < -0.39 is 29.8 Å². The first-order valence-corrected chi connectivity index (χ1v) is 7.69. The van der Waals surface area contributed by atoms with Crippen LogP contribution in [0.25, 0.3) is 0 Å². The van der Waals surface area contributed by atoms with Gasteiger partial charge >= 0.3 is 0 Å². The lowest BCUT2D eigenvalue weighted by Crippen LogP contribution is -2.49. The Labute approximate surface area is 131 Å². The molecule has 2 amide bonds. The van der Waals surface area contributed by atoms with Crippen LogP contribution in [0.4, 0.5) is 0 Å². The quantitative estimate of drug-likeness (QED) is 0.595. The number of imide groups is 1. The highest BCUT2D eigenvalue weighted by molar-refractivity contribution is 6.07. The summed E-state index contributed by atoms with van der Waals surface area (Å²) in [6.45, 7) is 1.07. The molecule has 23 heavy (non-hydrogen) atoms. The lowest BCUT2D eigenvalue weighted by Gasteiger charge is -2.32. The molecule has 0 saturated carbocycles. The van der Waals surface area contributed by atoms with Gasteiger partial charge in [0.2, 0.25) is 11.8 Å². The number of rotatable bonds is 3. The molecule has 3 saturated heterocycles. The molecule has 4 aliphatic heterocycles. The summed E-state index contributed by atoms with van der Waals surface area (Å²) in [5.41, 5.74) is -0.990. The highest BCUT2D eigenvalue weighted by atomic mass is 16.7. The minimum Gasteiger partial charge on any atom is -0.467 e. The van der Waals surface area contributed by atoms with Crippen LogP contribution < -0.4 is 0 Å². The van der Waals surface area contributed by atoms with Crippen molar-refractivity contribution in [2.45, 2.75) is 24.5 Å². The Kier molecular flexibility index (Phi) is 2.66. The van der Waals surface area contributed by atoms with Crippen molar-refractivity contribution < 1.29 is 28.2 Å². The Bertz CT molecular complexity index is 691. The Morgan fingerprint density at radius 2 is 2.04 bits per heavy atom. The molecule has 1 aromatic rings. The van der Waals surface area contributed by atoms with Crippen molar-refractivity contribution in [2.75, 3.05) is 13.2 Å². The van der Waals surface area contributed by atoms with E-state index in [0.717, 1.165) is 0 Å². The molecule has 0 unspecified atom stereocenters. The number of nitrogens with zero attached hydrogens (tertiary/aromatic N) is 1. The van der Waals surface area contributed by atoms with E-state index in [2.05, 4.69) is 0 Å². The molecule has 5 rings (SSSR count). The van der Waals surface area contributed by atoms with Crippen LogP contribution in [0.2, 0.25) is 0 Å². The topological polar surface area (TPSA) is 78.2 Å². The van der Waals surface area contributed by atoms with E-state index in [1.54, 1.807) is 12.1 Å². The standard InChI is InChI=1S/C16H15NO6/c18-13-11-10-3-4-16(23-10,15-21-6-7-22-15)12(11)14(19)17(13)8-9-2-1-5-20-9/h1-5,10-12,15H,6-8H2/t10-,11-,12-,16-/m1/s1. The molecule has 5 heterocycles. The van der Waals surface area contributed by atoms with Gasteiger partial charge in [-0.1, -0.05) is 6.08 Å². The van der Waals surface area contributed by atoms with Crippen molar-refractivity contribution in [2.24, 2.45) is 11.8 Å². The van der Waals surface area contributed by atoms with Gasteiger partial charge < -0.3 is 18.6 Å². The van der Waals surface area contributed by atoms with E-state index in [1.807, 2.05) is 12.2 Å². The highest BCUT2D eigenvalue weighted by Crippen LogP contribution is 2.54. The molecular weight excluding hydrogens is 302 g/mol. The molecule has 0 aromatic carbocycles. The smallest absolute Gasteiger partial charge is 0.237 e. The number of carbonyl (C=O) groups is 2. The third-order valence-corrected chi connectivity index (χ3v) is 5.05. The fraction of sp³-hybridized carbons (Fsp3) is 0.500. The lowest BCUT2D eigenvalue weighted by atomic mass is 9.76. The van der Waals surface area contributed by atoms with Crippen LogP contribution in [0.5, 0.6) is 0 Å². The number of ether oxygens (including phenoxy) is 3. The van der Waals surface area contributed by atoms with Crippen molar-refractivity contribution in [3.63, 3.8) is 0 Å². The zero-order valence-corrected chi connectivity index (χ0v) is 12.2. The number of hydrogen-bond donors (Lipinski definition) is 0. The van der Waals surface area contributed by atoms with Gasteiger partial charge in [0.1, 0.15) is 5.76 Å². The molecule has 0 aliphatic carbocycles. The highest BCUT2D eigenvalue weighted by Gasteiger charge is 2.71. The van der Waals surface area contributed by atoms with Gasteiger partial charge in [-0.2, -0.15) is 0 Å². The van der Waals surface area contributed by atoms with Crippen molar-refractivity contribution >= 4 is 11.8 Å². The first-order valence-electron chi connectivity index (χ1n) is 7.69. The Morgan fingerprint density at radius 1 is 1.22 bits per heavy atom. The van der Waals surface area contributed by atoms with Crippen LogP contribution in [0.1, 0.15) is 5.76 Å². The Balaban J connectivity index is 1.50. The van der Waals surface area contributed by atoms with Crippen LogP contribution in [0.15, 0.2) is 35.0 Å². The number of hydrogen-bond acceptors (Lipinski definition) is 6. The van der Waals surface area contributed by atoms with E-state index in [0.29, 0.717) is 19.0 Å². The molecule has 7 nitrogen and oxygen atoms in total. The van der Waals surface area contributed by atoms with E-state index in [-0.39, 0.29) is 18.4 Å². The number of furan rings is 1. The summed E-state index contributed by atoms with van der Waals surface area (Å²) in [5, 5.41) is 0. The van der Waals surface area contributed by atoms with Gasteiger partial charge in [0.05, 0.1) is 44.0 Å². The Morgan fingerprint density at radius 3 is 2.78 bits per heavy atom. The van der Waals surface area contributed by atoms with Gasteiger partial charge in [-0.15, -0.1) is 0 Å². The van der Waals surface area contributed by atoms with Crippen LogP contribution in [-0.2, 0) is 30.3 Å². The first kappa shape index (κ1) is 13.5. The molecule has 0 N–H and O–H groups in total. The SMILES string of the molecule is O=C1[C@@H]2[C@H]3C=C[C@@](C4OCCO4)(O3)[C@H]2C(=O)N1Cc1ccco1. The fourth-order valence-electron chi connectivity index (χ4n) is 4.10. The fourth-order valence-corrected chi connectivity index (χ4v) is 4.10. The van der Waals surface area contributed by atoms with Crippen molar-refractivity contribution in [1.82, 2.24) is 4.90 Å². The molecule has 3 fully saturated rings. The summed E-state index contributed by atoms with van der Waals surface area (Å²) in [6.07, 6.45) is 4.16. The minimum absolute atomic E-state index is 0.146. The monoisotopic (exact) mass is 317 g/mol. The average molecular weight is 317 g/mol. The lowest BCUT2D eigenvalue weighted by molar-refractivity contribution is -0.183. The first-order chi connectivity index (χ1) is 11.2. The van der Waals surface area contributed by atoms with Gasteiger partial charge in [-0.25, -0.2) is 0 Å². The van der Waals surface area contributed by atoms with Crippen molar-refractivity contribution in [1.29, 1.82) is 0 Å². The van der Waals surface area contributed by atoms with Gasteiger partial charge in [0.25, 0.3) is 0 Å². The third-order valence-electron chi connectivity index (χ3n) is 5.05. The molecular formula is C16H15NO6. The van der Waals surface area contributed by atoms with Crippen LogP contribution >= 0.6 is 0 Å². The normalized spacial score (nSPS) is 39.0. The summed E-state index contributed by atoms with van der Waals surface area (Å²) >= 11 is 0. The van der Waals surface area contributed by atoms with Crippen LogP contribution in [-0.4, -0.2) is 47.9 Å². The van der Waals surface area contributed by atoms with Gasteiger partial charge in [-0.05, 0) is 18.2 Å².